The topological polar surface area (TPSA) is 134 Å². The number of amides is 1. The fraction of sp³-hybridized carbons (Fsp3) is 0.435. The standard InChI is InChI=1S/C21H24FN7O2.C2HF3O2/c1-3-31-20-16(7-24-21(27-20)29-9-13-5-23-6-14(13)10-29)19(30)26-15-4-17(22)18-25-12(2)8-28(18)11-15;3-2(4,5)1(6)7/h4,7-8,11,13-14,23H,3,5-6,9-10H2,1-2H3,(H,26,30);(H,6,7). The van der Waals surface area contributed by atoms with E-state index in [1.54, 1.807) is 23.7 Å². The van der Waals surface area contributed by atoms with E-state index in [1.165, 1.54) is 12.3 Å². The Labute approximate surface area is 213 Å². The number of aliphatic carboxylic acids is 1. The van der Waals surface area contributed by atoms with Crippen LogP contribution < -0.4 is 20.3 Å². The molecule has 2 atom stereocenters. The predicted molar refractivity (Wildman–Crippen MR) is 127 cm³/mol. The first-order valence-corrected chi connectivity index (χ1v) is 11.7. The van der Waals surface area contributed by atoms with Gasteiger partial charge >= 0.3 is 12.1 Å². The number of rotatable bonds is 5. The molecule has 2 fully saturated rings. The summed E-state index contributed by atoms with van der Waals surface area (Å²) in [5.41, 5.74) is 1.41. The molecule has 3 aromatic heterocycles. The van der Waals surface area contributed by atoms with Gasteiger partial charge in [-0.2, -0.15) is 18.2 Å². The molecule has 0 radical (unpaired) electrons. The Balaban J connectivity index is 0.000000426. The Morgan fingerprint density at radius 1 is 1.21 bits per heavy atom. The number of pyridine rings is 1. The molecule has 0 saturated carbocycles. The van der Waals surface area contributed by atoms with Crippen molar-refractivity contribution in [1.82, 2.24) is 24.7 Å². The number of fused-ring (bicyclic) bond motifs is 2. The van der Waals surface area contributed by atoms with Crippen molar-refractivity contribution in [3.63, 3.8) is 0 Å². The zero-order valence-corrected chi connectivity index (χ0v) is 20.4. The van der Waals surface area contributed by atoms with Gasteiger partial charge in [-0.05, 0) is 25.7 Å². The molecule has 5 rings (SSSR count). The molecule has 3 N–H and O–H groups in total. The maximum Gasteiger partial charge on any atom is 0.490 e. The van der Waals surface area contributed by atoms with Gasteiger partial charge in [0.2, 0.25) is 11.8 Å². The summed E-state index contributed by atoms with van der Waals surface area (Å²) in [6.07, 6.45) is -0.299. The molecule has 15 heteroatoms. The van der Waals surface area contributed by atoms with Gasteiger partial charge in [0.1, 0.15) is 5.56 Å². The minimum atomic E-state index is -5.08. The molecule has 0 aliphatic carbocycles. The van der Waals surface area contributed by atoms with E-state index >= 15 is 0 Å². The van der Waals surface area contributed by atoms with Gasteiger partial charge in [-0.1, -0.05) is 0 Å². The molecule has 2 aliphatic rings. The number of anilines is 2. The summed E-state index contributed by atoms with van der Waals surface area (Å²) >= 11 is 0. The third kappa shape index (κ3) is 5.93. The van der Waals surface area contributed by atoms with E-state index in [2.05, 4.69) is 30.5 Å². The summed E-state index contributed by atoms with van der Waals surface area (Å²) < 4.78 is 53.3. The van der Waals surface area contributed by atoms with Crippen molar-refractivity contribution in [3.8, 4) is 5.88 Å². The highest BCUT2D eigenvalue weighted by molar-refractivity contribution is 6.05. The van der Waals surface area contributed by atoms with Crippen LogP contribution in [-0.2, 0) is 4.79 Å². The lowest BCUT2D eigenvalue weighted by Crippen LogP contribution is -2.27. The second-order valence-electron chi connectivity index (χ2n) is 8.85. The lowest BCUT2D eigenvalue weighted by molar-refractivity contribution is -0.192. The van der Waals surface area contributed by atoms with Crippen LogP contribution in [0.4, 0.5) is 29.2 Å². The number of aryl methyl sites for hydroxylation is 1. The van der Waals surface area contributed by atoms with E-state index in [9.17, 15) is 22.4 Å². The van der Waals surface area contributed by atoms with E-state index < -0.39 is 23.9 Å². The third-order valence-electron chi connectivity index (χ3n) is 6.07. The largest absolute Gasteiger partial charge is 0.490 e. The Hall–Kier alpha value is -4.01. The molecule has 2 unspecified atom stereocenters. The number of nitrogens with zero attached hydrogens (tertiary/aromatic N) is 5. The Morgan fingerprint density at radius 3 is 2.47 bits per heavy atom. The van der Waals surface area contributed by atoms with Crippen molar-refractivity contribution in [1.29, 1.82) is 0 Å². The Bertz CT molecular complexity index is 1340. The van der Waals surface area contributed by atoms with Crippen LogP contribution in [0, 0.1) is 24.6 Å². The number of halogens is 4. The highest BCUT2D eigenvalue weighted by atomic mass is 19.4. The zero-order valence-electron chi connectivity index (χ0n) is 20.4. The van der Waals surface area contributed by atoms with Gasteiger partial charge in [-0.3, -0.25) is 4.79 Å². The Kier molecular flexibility index (Phi) is 7.66. The van der Waals surface area contributed by atoms with Gasteiger partial charge in [-0.15, -0.1) is 0 Å². The number of carboxylic acids is 1. The molecule has 11 nitrogen and oxygen atoms in total. The lowest BCUT2D eigenvalue weighted by Gasteiger charge is -2.19. The molecule has 3 aromatic rings. The first-order valence-electron chi connectivity index (χ1n) is 11.7. The molecular formula is C23H25F4N7O4. The number of carbonyl (C=O) groups excluding carboxylic acids is 1. The van der Waals surface area contributed by atoms with Crippen LogP contribution in [0.5, 0.6) is 5.88 Å². The summed E-state index contributed by atoms with van der Waals surface area (Å²) in [4.78, 5) is 37.0. The van der Waals surface area contributed by atoms with Crippen LogP contribution >= 0.6 is 0 Å². The van der Waals surface area contributed by atoms with Gasteiger partial charge in [0.05, 0.1) is 18.0 Å². The number of aromatic nitrogens is 4. The van der Waals surface area contributed by atoms with Gasteiger partial charge in [0.25, 0.3) is 5.91 Å². The minimum Gasteiger partial charge on any atom is -0.477 e. The number of carboxylic acid groups (broad SMARTS) is 1. The number of hydrogen-bond donors (Lipinski definition) is 3. The molecular weight excluding hydrogens is 514 g/mol. The zero-order chi connectivity index (χ0) is 27.6. The second kappa shape index (κ2) is 10.8. The van der Waals surface area contributed by atoms with Crippen molar-refractivity contribution >= 4 is 29.2 Å². The number of ether oxygens (including phenoxy) is 1. The van der Waals surface area contributed by atoms with E-state index in [-0.39, 0.29) is 17.1 Å². The minimum absolute atomic E-state index is 0.203. The van der Waals surface area contributed by atoms with Crippen LogP contribution in [0.3, 0.4) is 0 Å². The number of nitrogens with one attached hydrogen (secondary N) is 2. The molecule has 2 aliphatic heterocycles. The lowest BCUT2D eigenvalue weighted by atomic mass is 10.0. The summed E-state index contributed by atoms with van der Waals surface area (Å²) in [6.45, 7) is 7.77. The predicted octanol–water partition coefficient (Wildman–Crippen LogP) is 2.51. The average Bonchev–Trinajstić information content (AvgIpc) is 3.53. The summed E-state index contributed by atoms with van der Waals surface area (Å²) in [5, 5.41) is 13.3. The monoisotopic (exact) mass is 539 g/mol. The van der Waals surface area contributed by atoms with Gasteiger partial charge in [0, 0.05) is 50.8 Å². The van der Waals surface area contributed by atoms with Crippen molar-refractivity contribution in [2.75, 3.05) is 43.0 Å². The fourth-order valence-corrected chi connectivity index (χ4v) is 4.38. The number of carbonyl (C=O) groups is 2. The molecule has 1 amide bonds. The molecule has 0 bridgehead atoms. The van der Waals surface area contributed by atoms with Gasteiger partial charge < -0.3 is 29.8 Å². The molecule has 0 aromatic carbocycles. The van der Waals surface area contributed by atoms with Crippen LogP contribution in [0.2, 0.25) is 0 Å². The summed E-state index contributed by atoms with van der Waals surface area (Å²) in [6, 6.07) is 1.24. The number of imidazole rings is 1. The van der Waals surface area contributed by atoms with Crippen LogP contribution in [0.15, 0.2) is 24.7 Å². The quantitative estimate of drug-likeness (QED) is 0.418. The van der Waals surface area contributed by atoms with E-state index in [0.29, 0.717) is 35.8 Å². The molecule has 2 saturated heterocycles. The van der Waals surface area contributed by atoms with Crippen molar-refractivity contribution in [2.45, 2.75) is 20.0 Å². The first kappa shape index (κ1) is 27.0. The molecule has 0 spiro atoms. The maximum atomic E-state index is 14.3. The van der Waals surface area contributed by atoms with E-state index in [4.69, 9.17) is 14.6 Å². The van der Waals surface area contributed by atoms with Crippen molar-refractivity contribution in [2.24, 2.45) is 11.8 Å². The highest BCUT2D eigenvalue weighted by Gasteiger charge is 2.38. The molecule has 5 heterocycles. The highest BCUT2D eigenvalue weighted by Crippen LogP contribution is 2.30. The smallest absolute Gasteiger partial charge is 0.477 e. The average molecular weight is 539 g/mol. The molecule has 204 valence electrons. The van der Waals surface area contributed by atoms with Crippen LogP contribution in [0.25, 0.3) is 5.65 Å². The summed E-state index contributed by atoms with van der Waals surface area (Å²) in [7, 11) is 0. The second-order valence-corrected chi connectivity index (χ2v) is 8.85. The SMILES string of the molecule is CCOc1nc(N2CC3CNCC3C2)ncc1C(=O)Nc1cc(F)c2nc(C)cn2c1.O=C(O)C(F)(F)F. The normalized spacial score (nSPS) is 18.6. The van der Waals surface area contributed by atoms with Crippen LogP contribution in [-0.4, -0.2) is 75.3 Å². The maximum absolute atomic E-state index is 14.3. The van der Waals surface area contributed by atoms with Crippen LogP contribution in [0.1, 0.15) is 23.0 Å². The van der Waals surface area contributed by atoms with E-state index in [0.717, 1.165) is 26.2 Å². The summed E-state index contributed by atoms with van der Waals surface area (Å²) in [5.74, 6) is -1.76. The fourth-order valence-electron chi connectivity index (χ4n) is 4.38. The van der Waals surface area contributed by atoms with Crippen molar-refractivity contribution < 1.29 is 37.0 Å². The number of alkyl halides is 3. The first-order chi connectivity index (χ1) is 18.0. The van der Waals surface area contributed by atoms with Gasteiger partial charge in [-0.25, -0.2) is 19.2 Å². The van der Waals surface area contributed by atoms with Crippen molar-refractivity contribution in [3.05, 3.63) is 41.7 Å². The van der Waals surface area contributed by atoms with E-state index in [1.807, 2.05) is 6.92 Å². The molecule has 38 heavy (non-hydrogen) atoms. The number of hydrogen-bond acceptors (Lipinski definition) is 8. The Morgan fingerprint density at radius 2 is 1.87 bits per heavy atom. The van der Waals surface area contributed by atoms with Gasteiger partial charge in [0.15, 0.2) is 11.5 Å². The third-order valence-corrected chi connectivity index (χ3v) is 6.07.